The second-order valence-electron chi connectivity index (χ2n) is 9.75. The van der Waals surface area contributed by atoms with Gasteiger partial charge in [0.15, 0.2) is 4.34 Å². The summed E-state index contributed by atoms with van der Waals surface area (Å²) in [6.07, 6.45) is 0. The number of nitrogens with zero attached hydrogens (tertiary/aromatic N) is 3. The molecule has 1 N–H and O–H groups in total. The van der Waals surface area contributed by atoms with Crippen LogP contribution in [0.25, 0.3) is 5.76 Å². The van der Waals surface area contributed by atoms with Gasteiger partial charge in [0.25, 0.3) is 5.78 Å². The van der Waals surface area contributed by atoms with Crippen LogP contribution in [0.15, 0.2) is 113 Å². The Kier molecular flexibility index (Phi) is 8.29. The number of anilines is 1. The minimum Gasteiger partial charge on any atom is -0.507 e. The summed E-state index contributed by atoms with van der Waals surface area (Å²) in [5.41, 5.74) is 2.90. The molecule has 1 saturated heterocycles. The van der Waals surface area contributed by atoms with E-state index in [-0.39, 0.29) is 16.5 Å². The minimum atomic E-state index is -0.963. The summed E-state index contributed by atoms with van der Waals surface area (Å²) < 4.78 is 6.65. The van der Waals surface area contributed by atoms with Crippen LogP contribution >= 0.6 is 34.7 Å². The van der Waals surface area contributed by atoms with Gasteiger partial charge in [-0.2, -0.15) is 0 Å². The number of aromatic nitrogens is 2. The Morgan fingerprint density at radius 1 is 0.930 bits per heavy atom. The van der Waals surface area contributed by atoms with Crippen LogP contribution in [0.1, 0.15) is 28.3 Å². The highest BCUT2D eigenvalue weighted by Gasteiger charge is 2.48. The van der Waals surface area contributed by atoms with Gasteiger partial charge in [-0.15, -0.1) is 10.2 Å². The van der Waals surface area contributed by atoms with E-state index in [1.54, 1.807) is 36.4 Å². The van der Waals surface area contributed by atoms with Crippen LogP contribution in [0, 0.1) is 6.92 Å². The lowest BCUT2D eigenvalue weighted by molar-refractivity contribution is -0.132. The van der Waals surface area contributed by atoms with Crippen LogP contribution in [0.4, 0.5) is 5.13 Å². The van der Waals surface area contributed by atoms with Crippen molar-refractivity contribution in [2.45, 2.75) is 23.1 Å². The third kappa shape index (κ3) is 6.06. The van der Waals surface area contributed by atoms with Crippen molar-refractivity contribution in [3.63, 3.8) is 0 Å². The molecule has 1 aliphatic rings. The highest BCUT2D eigenvalue weighted by Crippen LogP contribution is 2.45. The van der Waals surface area contributed by atoms with Crippen molar-refractivity contribution in [2.24, 2.45) is 0 Å². The Morgan fingerprint density at radius 2 is 1.65 bits per heavy atom. The van der Waals surface area contributed by atoms with E-state index in [2.05, 4.69) is 10.2 Å². The van der Waals surface area contributed by atoms with Crippen molar-refractivity contribution in [3.05, 3.63) is 136 Å². The monoisotopic (exact) mass is 625 g/mol. The van der Waals surface area contributed by atoms with Crippen LogP contribution in [-0.2, 0) is 15.3 Å². The zero-order valence-electron chi connectivity index (χ0n) is 22.8. The Hall–Kier alpha value is -4.44. The highest BCUT2D eigenvalue weighted by atomic mass is 35.5. The molecule has 2 heterocycles. The summed E-state index contributed by atoms with van der Waals surface area (Å²) in [6.45, 7) is 1.93. The second kappa shape index (κ2) is 12.4. The number of ketones is 1. The van der Waals surface area contributed by atoms with E-state index in [9.17, 15) is 14.7 Å². The lowest BCUT2D eigenvalue weighted by Crippen LogP contribution is -2.29. The molecular weight excluding hydrogens is 602 g/mol. The zero-order valence-corrected chi connectivity index (χ0v) is 25.2. The molecule has 4 aromatic carbocycles. The molecule has 0 bridgehead atoms. The molecule has 0 aliphatic carbocycles. The number of amides is 1. The maximum Gasteiger partial charge on any atom is 0.301 e. The van der Waals surface area contributed by atoms with Crippen LogP contribution in [-0.4, -0.2) is 27.0 Å². The maximum absolute atomic E-state index is 13.6. The fourth-order valence-electron chi connectivity index (χ4n) is 4.70. The molecule has 1 amide bonds. The number of ether oxygens (including phenoxy) is 1. The standard InChI is InChI=1S/C33H24ClN3O4S2/c1-20-14-16-21(17-15-20)29(38)27-28(22-9-7-12-25(18-22)41-24-10-3-2-4-11-24)37(31(40)30(27)39)32-35-36-33(43-32)42-19-23-8-5-6-13-26(23)34/h2-18,28,38H,19H2,1H3/b29-27-. The van der Waals surface area contributed by atoms with E-state index in [4.69, 9.17) is 16.3 Å². The van der Waals surface area contributed by atoms with Gasteiger partial charge in [-0.1, -0.05) is 113 Å². The largest absolute Gasteiger partial charge is 0.507 e. The summed E-state index contributed by atoms with van der Waals surface area (Å²) in [6, 6.07) is 30.1. The van der Waals surface area contributed by atoms with Crippen LogP contribution in [0.2, 0.25) is 5.02 Å². The molecule has 6 rings (SSSR count). The molecule has 10 heteroatoms. The number of aryl methyl sites for hydroxylation is 1. The number of hydrogen-bond acceptors (Lipinski definition) is 8. The average molecular weight is 626 g/mol. The molecule has 214 valence electrons. The fourth-order valence-corrected chi connectivity index (χ4v) is 6.85. The number of thioether (sulfide) groups is 1. The van der Waals surface area contributed by atoms with Gasteiger partial charge in [0, 0.05) is 16.3 Å². The number of Topliss-reactive ketones (excluding diaryl/α,β-unsaturated/α-hetero) is 1. The second-order valence-corrected chi connectivity index (χ2v) is 12.3. The molecule has 7 nitrogen and oxygen atoms in total. The van der Waals surface area contributed by atoms with Crippen LogP contribution < -0.4 is 9.64 Å². The Bertz CT molecular complexity index is 1840. The molecular formula is C33H24ClN3O4S2. The molecule has 1 unspecified atom stereocenters. The predicted octanol–water partition coefficient (Wildman–Crippen LogP) is 8.21. The first-order valence-electron chi connectivity index (χ1n) is 13.3. The van der Waals surface area contributed by atoms with Gasteiger partial charge in [0.1, 0.15) is 17.3 Å². The van der Waals surface area contributed by atoms with E-state index in [1.165, 1.54) is 28.0 Å². The Balaban J connectivity index is 1.40. The number of carbonyl (C=O) groups excluding carboxylic acids is 2. The third-order valence-corrected chi connectivity index (χ3v) is 9.31. The van der Waals surface area contributed by atoms with Crippen molar-refractivity contribution in [3.8, 4) is 11.5 Å². The van der Waals surface area contributed by atoms with Crippen molar-refractivity contribution >= 4 is 57.3 Å². The first-order chi connectivity index (χ1) is 20.9. The molecule has 1 fully saturated rings. The lowest BCUT2D eigenvalue weighted by atomic mass is 9.95. The van der Waals surface area contributed by atoms with Gasteiger partial charge < -0.3 is 9.84 Å². The summed E-state index contributed by atoms with van der Waals surface area (Å²) in [4.78, 5) is 28.5. The van der Waals surface area contributed by atoms with Crippen LogP contribution in [0.3, 0.4) is 0 Å². The summed E-state index contributed by atoms with van der Waals surface area (Å²) >= 11 is 8.94. The molecule has 1 aliphatic heterocycles. The molecule has 5 aromatic rings. The first kappa shape index (κ1) is 28.7. The third-order valence-electron chi connectivity index (χ3n) is 6.83. The maximum atomic E-state index is 13.6. The van der Waals surface area contributed by atoms with Crippen molar-refractivity contribution in [1.29, 1.82) is 0 Å². The normalized spacial score (nSPS) is 16.0. The van der Waals surface area contributed by atoms with E-state index < -0.39 is 17.7 Å². The SMILES string of the molecule is Cc1ccc(/C(O)=C2/C(=O)C(=O)N(c3nnc(SCc4ccccc4Cl)s3)C2c2cccc(Oc3ccccc3)c2)cc1. The number of carbonyl (C=O) groups is 2. The number of benzene rings is 4. The summed E-state index contributed by atoms with van der Waals surface area (Å²) in [7, 11) is 0. The minimum absolute atomic E-state index is 0.0359. The molecule has 0 saturated carbocycles. The number of halogens is 1. The number of aliphatic hydroxyl groups is 1. The number of para-hydroxylation sites is 1. The van der Waals surface area contributed by atoms with E-state index in [0.29, 0.717) is 37.7 Å². The van der Waals surface area contributed by atoms with Crippen LogP contribution in [0.5, 0.6) is 11.5 Å². The quantitative estimate of drug-likeness (QED) is 0.0610. The van der Waals surface area contributed by atoms with Gasteiger partial charge in [-0.3, -0.25) is 14.5 Å². The molecule has 0 radical (unpaired) electrons. The van der Waals surface area contributed by atoms with Gasteiger partial charge in [0.05, 0.1) is 11.6 Å². The smallest absolute Gasteiger partial charge is 0.301 e. The topological polar surface area (TPSA) is 92.6 Å². The van der Waals surface area contributed by atoms with E-state index in [1.807, 2.05) is 73.7 Å². The van der Waals surface area contributed by atoms with Gasteiger partial charge in [-0.05, 0) is 48.4 Å². The van der Waals surface area contributed by atoms with Gasteiger partial charge >= 0.3 is 5.91 Å². The first-order valence-corrected chi connectivity index (χ1v) is 15.5. The van der Waals surface area contributed by atoms with Crippen molar-refractivity contribution in [2.75, 3.05) is 4.90 Å². The molecule has 0 spiro atoms. The Morgan fingerprint density at radius 3 is 2.42 bits per heavy atom. The van der Waals surface area contributed by atoms with Crippen molar-refractivity contribution in [1.82, 2.24) is 10.2 Å². The average Bonchev–Trinajstić information content (AvgIpc) is 3.59. The molecule has 43 heavy (non-hydrogen) atoms. The number of hydrogen-bond donors (Lipinski definition) is 1. The molecule has 1 aromatic heterocycles. The van der Waals surface area contributed by atoms with Gasteiger partial charge in [-0.25, -0.2) is 0 Å². The highest BCUT2D eigenvalue weighted by molar-refractivity contribution is 8.00. The lowest BCUT2D eigenvalue weighted by Gasteiger charge is -2.23. The molecule has 1 atom stereocenters. The fraction of sp³-hybridized carbons (Fsp3) is 0.0909. The number of aliphatic hydroxyl groups excluding tert-OH is 1. The van der Waals surface area contributed by atoms with Crippen molar-refractivity contribution < 1.29 is 19.4 Å². The van der Waals surface area contributed by atoms with Gasteiger partial charge in [0.2, 0.25) is 5.13 Å². The van der Waals surface area contributed by atoms with E-state index in [0.717, 1.165) is 11.1 Å². The Labute approximate surface area is 261 Å². The summed E-state index contributed by atoms with van der Waals surface area (Å²) in [5, 5.41) is 20.9. The van der Waals surface area contributed by atoms with E-state index >= 15 is 0 Å². The summed E-state index contributed by atoms with van der Waals surface area (Å²) in [5.74, 6) is -0.165. The number of rotatable bonds is 8. The predicted molar refractivity (Wildman–Crippen MR) is 170 cm³/mol. The zero-order chi connectivity index (χ0) is 29.9.